The van der Waals surface area contributed by atoms with Crippen LogP contribution in [0.4, 0.5) is 0 Å². The van der Waals surface area contributed by atoms with E-state index < -0.39 is 0 Å². The maximum atomic E-state index is 9.85. The third kappa shape index (κ3) is 3.39. The Hall–Kier alpha value is -1.26. The van der Waals surface area contributed by atoms with Gasteiger partial charge >= 0.3 is 0 Å². The Bertz CT molecular complexity index is 423. The van der Waals surface area contributed by atoms with Crippen molar-refractivity contribution in [3.05, 3.63) is 23.8 Å². The summed E-state index contributed by atoms with van der Waals surface area (Å²) in [4.78, 5) is 2.28. The molecule has 0 aromatic heterocycles. The summed E-state index contributed by atoms with van der Waals surface area (Å²) in [6, 6.07) is 5.28. The van der Waals surface area contributed by atoms with E-state index in [0.29, 0.717) is 18.5 Å². The van der Waals surface area contributed by atoms with E-state index in [2.05, 4.69) is 11.9 Å². The first-order chi connectivity index (χ1) is 9.11. The lowest BCUT2D eigenvalue weighted by atomic mass is 9.83. The molecular formula is C15H24N2O2. The van der Waals surface area contributed by atoms with E-state index in [9.17, 15) is 10.2 Å². The molecule has 0 saturated heterocycles. The Morgan fingerprint density at radius 3 is 2.68 bits per heavy atom. The fourth-order valence-electron chi connectivity index (χ4n) is 3.12. The van der Waals surface area contributed by atoms with E-state index in [1.807, 2.05) is 0 Å². The van der Waals surface area contributed by atoms with Crippen LogP contribution >= 0.6 is 0 Å². The number of nitrogens with two attached hydrogens (primary N) is 1. The molecule has 1 saturated carbocycles. The highest BCUT2D eigenvalue weighted by molar-refractivity contribution is 5.38. The second-order valence-electron chi connectivity index (χ2n) is 5.58. The van der Waals surface area contributed by atoms with E-state index >= 15 is 0 Å². The zero-order valence-electron chi connectivity index (χ0n) is 11.5. The summed E-state index contributed by atoms with van der Waals surface area (Å²) in [6.07, 6.45) is 4.91. The molecule has 1 fully saturated rings. The Kier molecular flexibility index (Phi) is 4.66. The molecule has 0 radical (unpaired) electrons. The average molecular weight is 264 g/mol. The van der Waals surface area contributed by atoms with E-state index in [0.717, 1.165) is 12.1 Å². The van der Waals surface area contributed by atoms with Crippen LogP contribution < -0.4 is 5.73 Å². The number of phenols is 2. The second kappa shape index (κ2) is 6.26. The van der Waals surface area contributed by atoms with E-state index in [4.69, 9.17) is 5.73 Å². The van der Waals surface area contributed by atoms with Crippen molar-refractivity contribution in [2.45, 2.75) is 38.3 Å². The number of aromatic hydroxyl groups is 2. The molecular weight excluding hydrogens is 240 g/mol. The van der Waals surface area contributed by atoms with Crippen LogP contribution in [0.1, 0.15) is 31.2 Å². The maximum absolute atomic E-state index is 9.85. The molecule has 1 aliphatic rings. The third-order valence-corrected chi connectivity index (χ3v) is 4.23. The molecule has 2 atom stereocenters. The monoisotopic (exact) mass is 264 g/mol. The first kappa shape index (κ1) is 14.2. The third-order valence-electron chi connectivity index (χ3n) is 4.23. The Morgan fingerprint density at radius 1 is 1.26 bits per heavy atom. The standard InChI is InChI=1S/C15H24N2O2/c1-17(14-5-3-2-4-11(14)9-16)10-12-6-7-13(18)8-15(12)19/h6-8,11,14,18-19H,2-5,9-10,16H2,1H3. The van der Waals surface area contributed by atoms with Gasteiger partial charge in [0.25, 0.3) is 0 Å². The summed E-state index contributed by atoms with van der Waals surface area (Å²) in [5.74, 6) is 0.811. The first-order valence-corrected chi connectivity index (χ1v) is 7.03. The van der Waals surface area contributed by atoms with Gasteiger partial charge in [-0.15, -0.1) is 0 Å². The molecule has 0 heterocycles. The van der Waals surface area contributed by atoms with Gasteiger partial charge < -0.3 is 15.9 Å². The van der Waals surface area contributed by atoms with Gasteiger partial charge in [-0.05, 0) is 38.4 Å². The van der Waals surface area contributed by atoms with E-state index in [1.54, 1.807) is 12.1 Å². The average Bonchev–Trinajstić information content (AvgIpc) is 2.41. The summed E-state index contributed by atoms with van der Waals surface area (Å²) in [6.45, 7) is 1.42. The molecule has 19 heavy (non-hydrogen) atoms. The van der Waals surface area contributed by atoms with Crippen LogP contribution in [-0.4, -0.2) is 34.7 Å². The minimum absolute atomic E-state index is 0.0985. The van der Waals surface area contributed by atoms with Crippen molar-refractivity contribution in [2.24, 2.45) is 11.7 Å². The van der Waals surface area contributed by atoms with Crippen molar-refractivity contribution in [3.8, 4) is 11.5 Å². The molecule has 2 rings (SSSR count). The number of hydrogen-bond acceptors (Lipinski definition) is 4. The summed E-state index contributed by atoms with van der Waals surface area (Å²) in [5, 5.41) is 19.2. The lowest BCUT2D eigenvalue weighted by molar-refractivity contribution is 0.126. The highest BCUT2D eigenvalue weighted by Crippen LogP contribution is 2.30. The lowest BCUT2D eigenvalue weighted by Gasteiger charge is -2.37. The molecule has 0 amide bonds. The van der Waals surface area contributed by atoms with Crippen LogP contribution in [0.3, 0.4) is 0 Å². The zero-order chi connectivity index (χ0) is 13.8. The first-order valence-electron chi connectivity index (χ1n) is 7.03. The van der Waals surface area contributed by atoms with Gasteiger partial charge in [-0.2, -0.15) is 0 Å². The van der Waals surface area contributed by atoms with E-state index in [-0.39, 0.29) is 11.5 Å². The van der Waals surface area contributed by atoms with Gasteiger partial charge in [0.05, 0.1) is 0 Å². The molecule has 0 spiro atoms. The summed E-state index contributed by atoms with van der Waals surface area (Å²) < 4.78 is 0. The molecule has 0 bridgehead atoms. The Balaban J connectivity index is 2.04. The number of nitrogens with zero attached hydrogens (tertiary/aromatic N) is 1. The minimum atomic E-state index is 0.0985. The Labute approximate surface area is 114 Å². The minimum Gasteiger partial charge on any atom is -0.508 e. The van der Waals surface area contributed by atoms with Crippen molar-refractivity contribution < 1.29 is 10.2 Å². The highest BCUT2D eigenvalue weighted by atomic mass is 16.3. The van der Waals surface area contributed by atoms with Crippen LogP contribution in [0.2, 0.25) is 0 Å². The molecule has 4 nitrogen and oxygen atoms in total. The number of benzene rings is 1. The summed E-state index contributed by atoms with van der Waals surface area (Å²) in [5.41, 5.74) is 6.71. The molecule has 0 aliphatic heterocycles. The topological polar surface area (TPSA) is 69.7 Å². The maximum Gasteiger partial charge on any atom is 0.123 e. The number of hydrogen-bond donors (Lipinski definition) is 3. The van der Waals surface area contributed by atoms with Gasteiger partial charge in [-0.1, -0.05) is 18.9 Å². The molecule has 106 valence electrons. The van der Waals surface area contributed by atoms with E-state index in [1.165, 1.54) is 31.7 Å². The van der Waals surface area contributed by atoms with Gasteiger partial charge in [0.1, 0.15) is 11.5 Å². The SMILES string of the molecule is CN(Cc1ccc(O)cc1O)C1CCCCC1CN. The van der Waals surface area contributed by atoms with Crippen LogP contribution in [0, 0.1) is 5.92 Å². The van der Waals surface area contributed by atoms with Gasteiger partial charge in [-0.3, -0.25) is 4.90 Å². The zero-order valence-corrected chi connectivity index (χ0v) is 11.5. The van der Waals surface area contributed by atoms with Gasteiger partial charge in [-0.25, -0.2) is 0 Å². The fourth-order valence-corrected chi connectivity index (χ4v) is 3.12. The predicted octanol–water partition coefficient (Wildman–Crippen LogP) is 2.05. The van der Waals surface area contributed by atoms with Crippen molar-refractivity contribution in [3.63, 3.8) is 0 Å². The predicted molar refractivity (Wildman–Crippen MR) is 76.0 cm³/mol. The van der Waals surface area contributed by atoms with Gasteiger partial charge in [0.2, 0.25) is 0 Å². The molecule has 1 aromatic carbocycles. The van der Waals surface area contributed by atoms with Gasteiger partial charge in [0, 0.05) is 24.2 Å². The lowest BCUT2D eigenvalue weighted by Crippen LogP contribution is -2.42. The normalized spacial score (nSPS) is 23.7. The molecule has 2 unspecified atom stereocenters. The van der Waals surface area contributed by atoms with Gasteiger partial charge in [0.15, 0.2) is 0 Å². The quantitative estimate of drug-likeness (QED) is 0.778. The van der Waals surface area contributed by atoms with Crippen LogP contribution in [-0.2, 0) is 6.54 Å². The van der Waals surface area contributed by atoms with Crippen LogP contribution in [0.5, 0.6) is 11.5 Å². The molecule has 1 aliphatic carbocycles. The molecule has 1 aromatic rings. The number of rotatable bonds is 4. The highest BCUT2D eigenvalue weighted by Gasteiger charge is 2.27. The fraction of sp³-hybridized carbons (Fsp3) is 0.600. The van der Waals surface area contributed by atoms with Crippen LogP contribution in [0.15, 0.2) is 18.2 Å². The van der Waals surface area contributed by atoms with Crippen molar-refractivity contribution in [1.29, 1.82) is 0 Å². The van der Waals surface area contributed by atoms with Crippen molar-refractivity contribution in [1.82, 2.24) is 4.90 Å². The Morgan fingerprint density at radius 2 is 2.00 bits per heavy atom. The van der Waals surface area contributed by atoms with Crippen molar-refractivity contribution >= 4 is 0 Å². The largest absolute Gasteiger partial charge is 0.508 e. The summed E-state index contributed by atoms with van der Waals surface area (Å²) >= 11 is 0. The van der Waals surface area contributed by atoms with Crippen molar-refractivity contribution in [2.75, 3.05) is 13.6 Å². The molecule has 4 N–H and O–H groups in total. The molecule has 4 heteroatoms. The number of phenolic OH excluding ortho intramolecular Hbond substituents is 2. The van der Waals surface area contributed by atoms with Crippen LogP contribution in [0.25, 0.3) is 0 Å². The summed E-state index contributed by atoms with van der Waals surface area (Å²) in [7, 11) is 2.09. The smallest absolute Gasteiger partial charge is 0.123 e. The second-order valence-corrected chi connectivity index (χ2v) is 5.58.